The number of aromatic nitrogens is 2. The smallest absolute Gasteiger partial charge is 0.381 e. The van der Waals surface area contributed by atoms with Gasteiger partial charge in [-0.3, -0.25) is 4.79 Å². The van der Waals surface area contributed by atoms with Crippen molar-refractivity contribution in [2.45, 2.75) is 41.2 Å². The van der Waals surface area contributed by atoms with E-state index in [4.69, 9.17) is 58.1 Å². The zero-order valence-electron chi connectivity index (χ0n) is 26.5. The van der Waals surface area contributed by atoms with Crippen LogP contribution in [0.2, 0.25) is 0 Å². The van der Waals surface area contributed by atoms with Crippen molar-refractivity contribution in [1.29, 1.82) is 0 Å². The summed E-state index contributed by atoms with van der Waals surface area (Å²) < 4.78 is 27.2. The van der Waals surface area contributed by atoms with Gasteiger partial charge in [0.1, 0.15) is 22.6 Å². The van der Waals surface area contributed by atoms with Gasteiger partial charge in [-0.15, -0.1) is 0 Å². The number of benzene rings is 2. The molecule has 1 aliphatic rings. The average Bonchev–Trinajstić information content (AvgIpc) is 3.55. The molecular weight excluding hydrogens is 656 g/mol. The van der Waals surface area contributed by atoms with E-state index in [2.05, 4.69) is 9.97 Å². The highest BCUT2D eigenvalue weighted by atomic mass is 35.5. The Labute approximate surface area is 281 Å². The minimum Gasteiger partial charge on any atom is -0.461 e. The number of allylic oxidation sites excluding steroid dienone is 1. The van der Waals surface area contributed by atoms with Crippen LogP contribution in [-0.2, 0) is 37.0 Å². The molecule has 2 aromatic carbocycles. The third kappa shape index (κ3) is 10.7. The number of rotatable bonds is 13. The van der Waals surface area contributed by atoms with Crippen LogP contribution in [0, 0.1) is 24.2 Å². The third-order valence-electron chi connectivity index (χ3n) is 7.25. The van der Waals surface area contributed by atoms with Crippen LogP contribution in [0.3, 0.4) is 0 Å². The van der Waals surface area contributed by atoms with Crippen molar-refractivity contribution in [1.82, 2.24) is 9.97 Å². The Kier molecular flexibility index (Phi) is 13.7. The van der Waals surface area contributed by atoms with Crippen molar-refractivity contribution >= 4 is 53.6 Å². The quantitative estimate of drug-likeness (QED) is 0.128. The minimum atomic E-state index is -2.77. The summed E-state index contributed by atoms with van der Waals surface area (Å²) in [6.07, 6.45) is 1.71. The van der Waals surface area contributed by atoms with Crippen molar-refractivity contribution in [2.75, 3.05) is 32.2 Å². The number of anilines is 1. The monoisotopic (exact) mass is 695 g/mol. The molecule has 0 radical (unpaired) electrons. The first kappa shape index (κ1) is 36.7. The number of halogens is 2. The number of aryl methyl sites for hydroxylation is 1. The Morgan fingerprint density at radius 3 is 2.24 bits per heavy atom. The topological polar surface area (TPSA) is 92.2 Å². The number of esters is 1. The Balaban J connectivity index is 0.000000259. The van der Waals surface area contributed by atoms with Gasteiger partial charge in [0.05, 0.1) is 5.92 Å². The molecule has 1 aliphatic carbocycles. The van der Waals surface area contributed by atoms with Crippen LogP contribution in [0.1, 0.15) is 39.0 Å². The fourth-order valence-corrected chi connectivity index (χ4v) is 5.75. The van der Waals surface area contributed by atoms with Gasteiger partial charge in [-0.25, -0.2) is 4.98 Å². The summed E-state index contributed by atoms with van der Waals surface area (Å²) >= 11 is 16.6. The van der Waals surface area contributed by atoms with Crippen molar-refractivity contribution in [3.05, 3.63) is 82.5 Å². The molecule has 9 nitrogen and oxygen atoms in total. The van der Waals surface area contributed by atoms with Crippen LogP contribution in [-0.4, -0.2) is 43.2 Å². The van der Waals surface area contributed by atoms with E-state index in [1.54, 1.807) is 12.1 Å². The summed E-state index contributed by atoms with van der Waals surface area (Å²) in [5.74, 6) is 2.00. The zero-order chi connectivity index (χ0) is 33.2. The van der Waals surface area contributed by atoms with E-state index in [-0.39, 0.29) is 34.3 Å². The van der Waals surface area contributed by atoms with E-state index in [0.717, 1.165) is 30.1 Å². The second-order valence-corrected chi connectivity index (χ2v) is 14.8. The highest BCUT2D eigenvalue weighted by molar-refractivity contribution is 8.07. The van der Waals surface area contributed by atoms with Crippen LogP contribution in [0.15, 0.2) is 71.2 Å². The second kappa shape index (κ2) is 16.7. The summed E-state index contributed by atoms with van der Waals surface area (Å²) in [5, 5.41) is 0. The molecule has 13 heteroatoms. The van der Waals surface area contributed by atoms with Gasteiger partial charge in [0, 0.05) is 50.9 Å². The van der Waals surface area contributed by atoms with Crippen LogP contribution in [0.5, 0.6) is 17.4 Å². The number of ether oxygens (including phenoxy) is 2. The van der Waals surface area contributed by atoms with Gasteiger partial charge in [-0.1, -0.05) is 67.4 Å². The van der Waals surface area contributed by atoms with Crippen molar-refractivity contribution < 1.29 is 27.8 Å². The highest BCUT2D eigenvalue weighted by Gasteiger charge is 2.61. The molecule has 0 aliphatic heterocycles. The molecule has 244 valence electrons. The normalized spacial score (nSPS) is 16.5. The molecule has 4 rings (SSSR count). The average molecular weight is 697 g/mol. The number of para-hydroxylation sites is 1. The Hall–Kier alpha value is -2.72. The van der Waals surface area contributed by atoms with Crippen LogP contribution in [0.4, 0.5) is 5.95 Å². The molecule has 2 atom stereocenters. The number of nitrogens with zero attached hydrogens (tertiary/aromatic N) is 3. The maximum atomic E-state index is 12.4. The Morgan fingerprint density at radius 2 is 1.64 bits per heavy atom. The predicted molar refractivity (Wildman–Crippen MR) is 183 cm³/mol. The fourth-order valence-electron chi connectivity index (χ4n) is 4.63. The fraction of sp³-hybridized carbons (Fsp3) is 0.406. The first-order valence-corrected chi connectivity index (χ1v) is 17.7. The van der Waals surface area contributed by atoms with Gasteiger partial charge in [0.15, 0.2) is 0 Å². The highest BCUT2D eigenvalue weighted by Crippen LogP contribution is 2.60. The summed E-state index contributed by atoms with van der Waals surface area (Å²) in [5.41, 5.74) is 1.48. The summed E-state index contributed by atoms with van der Waals surface area (Å²) in [4.78, 5) is 23.2. The first-order valence-electron chi connectivity index (χ1n) is 14.4. The van der Waals surface area contributed by atoms with E-state index < -0.39 is 6.72 Å². The lowest BCUT2D eigenvalue weighted by molar-refractivity contribution is -0.147. The van der Waals surface area contributed by atoms with Gasteiger partial charge in [0.25, 0.3) is 0 Å². The minimum absolute atomic E-state index is 0.00717. The number of carbonyl (C=O) groups excluding carboxylic acids is 1. The first-order chi connectivity index (χ1) is 21.3. The number of carbonyl (C=O) groups is 1. The maximum Gasteiger partial charge on any atom is 0.381 e. The molecular formula is C32H40Cl2N3O6PS. The molecule has 45 heavy (non-hydrogen) atoms. The molecule has 1 heterocycles. The number of hydrogen-bond acceptors (Lipinski definition) is 10. The van der Waals surface area contributed by atoms with E-state index in [0.29, 0.717) is 17.6 Å². The van der Waals surface area contributed by atoms with Gasteiger partial charge in [0.2, 0.25) is 11.8 Å². The molecule has 1 aromatic heterocycles. The van der Waals surface area contributed by atoms with Gasteiger partial charge in [-0.2, -0.15) is 4.98 Å². The number of hydrogen-bond donors (Lipinski definition) is 0. The third-order valence-corrected chi connectivity index (χ3v) is 9.92. The standard InChI is InChI=1S/C21H20Cl2O3.C11H20N3O3PS/c1-21(2)17(12-18(22)23)19(21)20(24)25-13-14-7-6-10-16(11-14)26-15-8-4-3-5-9-15;1-6-14(7-2)11-12-9(3)8-10(13-11)17-18(19,15-4)16-5/h3-12,17,19H,13H2,1-2H3;8H,6-7H2,1-5H3. The van der Waals surface area contributed by atoms with Gasteiger partial charge in [-0.05, 0) is 68.0 Å². The summed E-state index contributed by atoms with van der Waals surface area (Å²) in [6.45, 7) is 9.06. The molecule has 1 fully saturated rings. The van der Waals surface area contributed by atoms with Crippen LogP contribution >= 0.6 is 29.9 Å². The van der Waals surface area contributed by atoms with Gasteiger partial charge >= 0.3 is 12.7 Å². The van der Waals surface area contributed by atoms with E-state index in [1.807, 2.05) is 94.1 Å². The molecule has 0 amide bonds. The molecule has 2 unspecified atom stereocenters. The van der Waals surface area contributed by atoms with E-state index in [9.17, 15) is 4.79 Å². The summed E-state index contributed by atoms with van der Waals surface area (Å²) in [7, 11) is 2.92. The van der Waals surface area contributed by atoms with Crippen molar-refractivity contribution in [3.63, 3.8) is 0 Å². The van der Waals surface area contributed by atoms with E-state index in [1.165, 1.54) is 14.2 Å². The van der Waals surface area contributed by atoms with Crippen molar-refractivity contribution in [2.24, 2.45) is 17.3 Å². The summed E-state index contributed by atoms with van der Waals surface area (Å²) in [6, 6.07) is 18.8. The lowest BCUT2D eigenvalue weighted by Crippen LogP contribution is -2.24. The molecule has 0 saturated heterocycles. The molecule has 0 bridgehead atoms. The van der Waals surface area contributed by atoms with Crippen LogP contribution < -0.4 is 14.2 Å². The molecule has 0 N–H and O–H groups in total. The molecule has 3 aromatic rings. The Bertz CT molecular complexity index is 1500. The van der Waals surface area contributed by atoms with Gasteiger partial charge < -0.3 is 27.9 Å². The molecule has 0 spiro atoms. The molecule has 1 saturated carbocycles. The Morgan fingerprint density at radius 1 is 1.00 bits per heavy atom. The van der Waals surface area contributed by atoms with Crippen LogP contribution in [0.25, 0.3) is 0 Å². The SMILES string of the molecule is CC1(C)C(C=C(Cl)Cl)C1C(=O)OCc1cccc(Oc2ccccc2)c1.CCN(CC)c1nc(C)cc(OP(=S)(OC)OC)n1. The predicted octanol–water partition coefficient (Wildman–Crippen LogP) is 8.64. The largest absolute Gasteiger partial charge is 0.461 e. The zero-order valence-corrected chi connectivity index (χ0v) is 29.8. The van der Waals surface area contributed by atoms with Crippen molar-refractivity contribution in [3.8, 4) is 17.4 Å². The lowest BCUT2D eigenvalue weighted by Gasteiger charge is -2.21. The second-order valence-electron chi connectivity index (χ2n) is 10.7. The van der Waals surface area contributed by atoms with E-state index >= 15 is 0 Å². The maximum absolute atomic E-state index is 12.4. The lowest BCUT2D eigenvalue weighted by atomic mass is 10.1.